The van der Waals surface area contributed by atoms with E-state index in [1.807, 2.05) is 37.6 Å². The second-order valence-corrected chi connectivity index (χ2v) is 4.12. The Labute approximate surface area is 135 Å². The van der Waals surface area contributed by atoms with E-state index in [0.29, 0.717) is 13.1 Å². The second kappa shape index (κ2) is 8.51. The number of aromatic nitrogens is 3. The molecule has 0 aliphatic rings. The van der Waals surface area contributed by atoms with E-state index in [1.165, 1.54) is 0 Å². The number of hydrogen-bond donors (Lipinski definition) is 2. The van der Waals surface area contributed by atoms with Crippen LogP contribution in [-0.2, 0) is 20.1 Å². The average Bonchev–Trinajstić information content (AvgIpc) is 2.86. The topological polar surface area (TPSA) is 67.1 Å². The van der Waals surface area contributed by atoms with Crippen molar-refractivity contribution in [2.24, 2.45) is 12.0 Å². The molecule has 7 heteroatoms. The fourth-order valence-corrected chi connectivity index (χ4v) is 1.65. The molecule has 0 unspecified atom stereocenters. The molecule has 2 heterocycles. The van der Waals surface area contributed by atoms with Gasteiger partial charge in [-0.3, -0.25) is 14.7 Å². The number of aryl methyl sites for hydroxylation is 1. The Hall–Kier alpha value is -1.64. The lowest BCUT2D eigenvalue weighted by molar-refractivity contribution is 0.764. The minimum atomic E-state index is 0. The van der Waals surface area contributed by atoms with Gasteiger partial charge in [-0.05, 0) is 12.1 Å². The molecule has 0 aromatic carbocycles. The van der Waals surface area contributed by atoms with Crippen LogP contribution in [0.1, 0.15) is 11.3 Å². The Morgan fingerprint density at radius 1 is 1.30 bits per heavy atom. The van der Waals surface area contributed by atoms with Crippen LogP contribution in [0.15, 0.2) is 41.8 Å². The molecule has 0 saturated heterocycles. The maximum Gasteiger partial charge on any atom is 0.191 e. The first kappa shape index (κ1) is 16.4. The standard InChI is InChI=1S/C13H18N6.HI/c1-14-13(16-7-11-8-18-19(2)10-11)17-9-12-5-3-4-6-15-12;/h3-6,8,10H,7,9H2,1-2H3,(H2,14,16,17);1H. The summed E-state index contributed by atoms with van der Waals surface area (Å²) in [5, 5.41) is 10.6. The average molecular weight is 386 g/mol. The number of pyridine rings is 1. The van der Waals surface area contributed by atoms with Gasteiger partial charge in [-0.15, -0.1) is 24.0 Å². The maximum atomic E-state index is 4.25. The zero-order chi connectivity index (χ0) is 13.5. The minimum Gasteiger partial charge on any atom is -0.352 e. The van der Waals surface area contributed by atoms with Crippen LogP contribution in [0.4, 0.5) is 0 Å². The lowest BCUT2D eigenvalue weighted by atomic mass is 10.3. The van der Waals surface area contributed by atoms with Crippen LogP contribution in [0.25, 0.3) is 0 Å². The number of guanidine groups is 1. The molecule has 2 N–H and O–H groups in total. The van der Waals surface area contributed by atoms with Gasteiger partial charge in [0, 0.05) is 38.6 Å². The van der Waals surface area contributed by atoms with Gasteiger partial charge in [-0.1, -0.05) is 6.07 Å². The normalized spacial score (nSPS) is 10.8. The van der Waals surface area contributed by atoms with Crippen molar-refractivity contribution in [3.8, 4) is 0 Å². The zero-order valence-corrected chi connectivity index (χ0v) is 13.9. The van der Waals surface area contributed by atoms with Crippen molar-refractivity contribution >= 4 is 29.9 Å². The van der Waals surface area contributed by atoms with Gasteiger partial charge in [0.2, 0.25) is 0 Å². The molecule has 2 aromatic rings. The van der Waals surface area contributed by atoms with E-state index < -0.39 is 0 Å². The first-order chi connectivity index (χ1) is 9.28. The zero-order valence-electron chi connectivity index (χ0n) is 11.6. The van der Waals surface area contributed by atoms with Crippen LogP contribution < -0.4 is 10.6 Å². The summed E-state index contributed by atoms with van der Waals surface area (Å²) in [6, 6.07) is 5.84. The van der Waals surface area contributed by atoms with Gasteiger partial charge in [-0.25, -0.2) is 0 Å². The summed E-state index contributed by atoms with van der Waals surface area (Å²) in [5.41, 5.74) is 2.09. The molecule has 0 amide bonds. The summed E-state index contributed by atoms with van der Waals surface area (Å²) < 4.78 is 1.78. The lowest BCUT2D eigenvalue weighted by Crippen LogP contribution is -2.36. The van der Waals surface area contributed by atoms with Gasteiger partial charge in [0.15, 0.2) is 5.96 Å². The largest absolute Gasteiger partial charge is 0.352 e. The summed E-state index contributed by atoms with van der Waals surface area (Å²) >= 11 is 0. The first-order valence-corrected chi connectivity index (χ1v) is 6.10. The fourth-order valence-electron chi connectivity index (χ4n) is 1.65. The number of nitrogens with one attached hydrogen (secondary N) is 2. The van der Waals surface area contributed by atoms with Crippen molar-refractivity contribution < 1.29 is 0 Å². The first-order valence-electron chi connectivity index (χ1n) is 6.10. The Balaban J connectivity index is 0.00000200. The van der Waals surface area contributed by atoms with Crippen LogP contribution in [-0.4, -0.2) is 27.8 Å². The van der Waals surface area contributed by atoms with Crippen LogP contribution in [0.5, 0.6) is 0 Å². The van der Waals surface area contributed by atoms with Gasteiger partial charge >= 0.3 is 0 Å². The molecule has 0 atom stereocenters. The smallest absolute Gasteiger partial charge is 0.191 e. The van der Waals surface area contributed by atoms with Crippen molar-refractivity contribution in [3.63, 3.8) is 0 Å². The maximum absolute atomic E-state index is 4.25. The van der Waals surface area contributed by atoms with Gasteiger partial charge in [0.1, 0.15) is 0 Å². The highest BCUT2D eigenvalue weighted by Gasteiger charge is 2.00. The van der Waals surface area contributed by atoms with Crippen LogP contribution >= 0.6 is 24.0 Å². The third-order valence-electron chi connectivity index (χ3n) is 2.61. The summed E-state index contributed by atoms with van der Waals surface area (Å²) in [6.45, 7) is 1.34. The van der Waals surface area contributed by atoms with Crippen LogP contribution in [0.3, 0.4) is 0 Å². The summed E-state index contributed by atoms with van der Waals surface area (Å²) in [6.07, 6.45) is 5.58. The Morgan fingerprint density at radius 2 is 2.10 bits per heavy atom. The Morgan fingerprint density at radius 3 is 2.70 bits per heavy atom. The van der Waals surface area contributed by atoms with Crippen molar-refractivity contribution in [3.05, 3.63) is 48.0 Å². The number of halogens is 1. The van der Waals surface area contributed by atoms with Crippen molar-refractivity contribution in [2.75, 3.05) is 7.05 Å². The quantitative estimate of drug-likeness (QED) is 0.472. The van der Waals surface area contributed by atoms with Gasteiger partial charge in [-0.2, -0.15) is 5.10 Å². The van der Waals surface area contributed by atoms with E-state index in [0.717, 1.165) is 17.2 Å². The monoisotopic (exact) mass is 386 g/mol. The van der Waals surface area contributed by atoms with Crippen molar-refractivity contribution in [1.82, 2.24) is 25.4 Å². The SMILES string of the molecule is CN=C(NCc1cnn(C)c1)NCc1ccccn1.I. The third kappa shape index (κ3) is 5.16. The molecule has 0 fully saturated rings. The summed E-state index contributed by atoms with van der Waals surface area (Å²) in [7, 11) is 3.65. The predicted molar refractivity (Wildman–Crippen MR) is 89.9 cm³/mol. The lowest BCUT2D eigenvalue weighted by Gasteiger charge is -2.10. The van der Waals surface area contributed by atoms with E-state index in [4.69, 9.17) is 0 Å². The molecule has 0 saturated carbocycles. The molecular formula is C13H19IN6. The Kier molecular flexibility index (Phi) is 6.99. The molecule has 0 aliphatic heterocycles. The number of rotatable bonds is 4. The number of aliphatic imine (C=N–C) groups is 1. The molecule has 0 aliphatic carbocycles. The van der Waals surface area contributed by atoms with Crippen LogP contribution in [0.2, 0.25) is 0 Å². The minimum absolute atomic E-state index is 0. The van der Waals surface area contributed by atoms with Gasteiger partial charge in [0.25, 0.3) is 0 Å². The van der Waals surface area contributed by atoms with E-state index in [1.54, 1.807) is 17.9 Å². The third-order valence-corrected chi connectivity index (χ3v) is 2.61. The molecular weight excluding hydrogens is 367 g/mol. The number of hydrogen-bond acceptors (Lipinski definition) is 3. The van der Waals surface area contributed by atoms with E-state index in [-0.39, 0.29) is 24.0 Å². The number of nitrogens with zero attached hydrogens (tertiary/aromatic N) is 4. The highest BCUT2D eigenvalue weighted by atomic mass is 127. The molecule has 2 rings (SSSR count). The van der Waals surface area contributed by atoms with Gasteiger partial charge in [0.05, 0.1) is 18.4 Å². The molecule has 2 aromatic heterocycles. The fraction of sp³-hybridized carbons (Fsp3) is 0.308. The second-order valence-electron chi connectivity index (χ2n) is 4.12. The van der Waals surface area contributed by atoms with Crippen molar-refractivity contribution in [2.45, 2.75) is 13.1 Å². The Bertz CT molecular complexity index is 537. The molecule has 20 heavy (non-hydrogen) atoms. The molecule has 0 bridgehead atoms. The van der Waals surface area contributed by atoms with Gasteiger partial charge < -0.3 is 10.6 Å². The van der Waals surface area contributed by atoms with Crippen molar-refractivity contribution in [1.29, 1.82) is 0 Å². The van der Waals surface area contributed by atoms with E-state index in [2.05, 4.69) is 25.7 Å². The summed E-state index contributed by atoms with van der Waals surface area (Å²) in [5.74, 6) is 0.745. The highest BCUT2D eigenvalue weighted by molar-refractivity contribution is 14.0. The van der Waals surface area contributed by atoms with E-state index in [9.17, 15) is 0 Å². The molecule has 0 spiro atoms. The molecule has 0 radical (unpaired) electrons. The van der Waals surface area contributed by atoms with Crippen LogP contribution in [0, 0.1) is 0 Å². The summed E-state index contributed by atoms with van der Waals surface area (Å²) in [4.78, 5) is 8.41. The molecule has 6 nitrogen and oxygen atoms in total. The highest BCUT2D eigenvalue weighted by Crippen LogP contribution is 1.95. The molecule has 108 valence electrons. The van der Waals surface area contributed by atoms with E-state index >= 15 is 0 Å². The predicted octanol–water partition coefficient (Wildman–Crippen LogP) is 1.30.